The fraction of sp³-hybridized carbons (Fsp3) is 0.281. The van der Waals surface area contributed by atoms with Crippen molar-refractivity contribution in [1.29, 1.82) is 0 Å². The zero-order valence-electron chi connectivity index (χ0n) is 25.2. The molecule has 2 aliphatic rings. The van der Waals surface area contributed by atoms with Crippen LogP contribution in [0.15, 0.2) is 86.6 Å². The Morgan fingerprint density at radius 1 is 1.07 bits per heavy atom. The molecule has 10 nitrogen and oxygen atoms in total. The fourth-order valence-corrected chi connectivity index (χ4v) is 7.05. The molecule has 0 atom stereocenters. The summed E-state index contributed by atoms with van der Waals surface area (Å²) in [6.45, 7) is 3.45. The smallest absolute Gasteiger partial charge is 0.269 e. The Balaban J connectivity index is 1.53. The molecule has 1 saturated heterocycles. The number of amidine groups is 1. The number of carbonyl (C=O) groups is 2. The number of thioether (sulfide) groups is 2. The van der Waals surface area contributed by atoms with Gasteiger partial charge in [-0.25, -0.2) is 4.99 Å². The van der Waals surface area contributed by atoms with Gasteiger partial charge in [-0.1, -0.05) is 42.1 Å². The number of aliphatic imine (C=N–C) groups is 1. The lowest BCUT2D eigenvalue weighted by atomic mass is 10.2. The average molecular weight is 633 g/mol. The van der Waals surface area contributed by atoms with Crippen molar-refractivity contribution >= 4 is 63.3 Å². The largest absolute Gasteiger partial charge is 0.491 e. The number of fused-ring (bicyclic) bond motifs is 1. The summed E-state index contributed by atoms with van der Waals surface area (Å²) in [6.07, 6.45) is 0. The second-order valence-electron chi connectivity index (χ2n) is 10.4. The van der Waals surface area contributed by atoms with Gasteiger partial charge in [-0.05, 0) is 68.7 Å². The first-order valence-electron chi connectivity index (χ1n) is 14.3. The van der Waals surface area contributed by atoms with E-state index in [0.29, 0.717) is 40.3 Å². The predicted molar refractivity (Wildman–Crippen MR) is 180 cm³/mol. The lowest BCUT2D eigenvalue weighted by Crippen LogP contribution is -2.29. The van der Waals surface area contributed by atoms with Crippen LogP contribution in [0.3, 0.4) is 0 Å². The van der Waals surface area contributed by atoms with E-state index in [1.807, 2.05) is 99.7 Å². The van der Waals surface area contributed by atoms with Gasteiger partial charge in [-0.2, -0.15) is 0 Å². The molecule has 3 aromatic rings. The molecule has 230 valence electrons. The van der Waals surface area contributed by atoms with Crippen molar-refractivity contribution in [2.24, 2.45) is 4.99 Å². The van der Waals surface area contributed by atoms with Crippen LogP contribution in [0.4, 0.5) is 22.7 Å². The molecular weight excluding hydrogens is 597 g/mol. The maximum absolute atomic E-state index is 14.1. The van der Waals surface area contributed by atoms with Crippen LogP contribution in [0, 0.1) is 0 Å². The standard InChI is InChI=1S/C32H36N6O4S2/c1-5-33-24-13-11-22(34-28(40)20-36(2)3)17-25(24)35-32-38(19-21-9-7-6-8-10-21)30(41)29(44-32)31-37(4)26-18-23(42-16-15-39)12-14-27(26)43-31/h6-14,17-18,33,39H,5,15-16,19-20H2,1-4H3,(H,34,40)/b31-29-,35-32+. The summed E-state index contributed by atoms with van der Waals surface area (Å²) in [7, 11) is 5.62. The van der Waals surface area contributed by atoms with Crippen LogP contribution in [0.1, 0.15) is 12.5 Å². The molecule has 44 heavy (non-hydrogen) atoms. The number of likely N-dealkylation sites (N-methyl/N-ethyl adjacent to an activating group) is 1. The first kappa shape index (κ1) is 31.5. The van der Waals surface area contributed by atoms with E-state index >= 15 is 0 Å². The topological polar surface area (TPSA) is 110 Å². The van der Waals surface area contributed by atoms with Crippen molar-refractivity contribution < 1.29 is 19.4 Å². The van der Waals surface area contributed by atoms with Crippen molar-refractivity contribution in [2.75, 3.05) is 63.0 Å². The number of anilines is 3. The molecule has 0 aliphatic carbocycles. The summed E-state index contributed by atoms with van der Waals surface area (Å²) >= 11 is 2.88. The molecule has 1 fully saturated rings. The molecule has 3 N–H and O–H groups in total. The van der Waals surface area contributed by atoms with Gasteiger partial charge in [-0.3, -0.25) is 14.5 Å². The molecule has 2 heterocycles. The van der Waals surface area contributed by atoms with Crippen molar-refractivity contribution in [3.8, 4) is 5.75 Å². The van der Waals surface area contributed by atoms with Gasteiger partial charge >= 0.3 is 0 Å². The Hall–Kier alpha value is -3.97. The van der Waals surface area contributed by atoms with Crippen LogP contribution in [0.25, 0.3) is 0 Å². The van der Waals surface area contributed by atoms with Gasteiger partial charge in [0, 0.05) is 30.2 Å². The molecule has 0 saturated carbocycles. The number of carbonyl (C=O) groups excluding carboxylic acids is 2. The number of benzene rings is 3. The molecule has 5 rings (SSSR count). The van der Waals surface area contributed by atoms with E-state index in [0.717, 1.165) is 26.9 Å². The van der Waals surface area contributed by atoms with E-state index in [2.05, 4.69) is 10.6 Å². The second-order valence-corrected chi connectivity index (χ2v) is 12.4. The van der Waals surface area contributed by atoms with Crippen LogP contribution in [-0.2, 0) is 16.1 Å². The van der Waals surface area contributed by atoms with Crippen molar-refractivity contribution in [2.45, 2.75) is 18.4 Å². The summed E-state index contributed by atoms with van der Waals surface area (Å²) in [6, 6.07) is 21.2. The van der Waals surface area contributed by atoms with Crippen molar-refractivity contribution in [1.82, 2.24) is 9.80 Å². The summed E-state index contributed by atoms with van der Waals surface area (Å²) in [5, 5.41) is 16.8. The number of hydrogen-bond donors (Lipinski definition) is 3. The first-order chi connectivity index (χ1) is 21.3. The Morgan fingerprint density at radius 2 is 1.86 bits per heavy atom. The Labute approximate surface area is 266 Å². The number of amides is 2. The van der Waals surface area contributed by atoms with E-state index < -0.39 is 0 Å². The summed E-state index contributed by atoms with van der Waals surface area (Å²) in [4.78, 5) is 38.7. The lowest BCUT2D eigenvalue weighted by molar-refractivity contribution is -0.122. The molecular formula is C32H36N6O4S2. The van der Waals surface area contributed by atoms with Crippen LogP contribution in [0.5, 0.6) is 5.75 Å². The highest BCUT2D eigenvalue weighted by Crippen LogP contribution is 2.51. The van der Waals surface area contributed by atoms with Crippen LogP contribution < -0.4 is 20.3 Å². The van der Waals surface area contributed by atoms with Crippen LogP contribution in [0.2, 0.25) is 0 Å². The van der Waals surface area contributed by atoms with Gasteiger partial charge in [0.05, 0.1) is 41.8 Å². The third-order valence-electron chi connectivity index (χ3n) is 6.73. The molecule has 0 unspecified atom stereocenters. The van der Waals surface area contributed by atoms with Crippen molar-refractivity contribution in [3.05, 3.63) is 82.2 Å². The lowest BCUT2D eigenvalue weighted by Gasteiger charge is -2.18. The number of aliphatic hydroxyl groups excluding tert-OH is 1. The summed E-state index contributed by atoms with van der Waals surface area (Å²) < 4.78 is 5.62. The highest BCUT2D eigenvalue weighted by molar-refractivity contribution is 8.19. The molecule has 0 bridgehead atoms. The number of ether oxygens (including phenoxy) is 1. The van der Waals surface area contributed by atoms with Crippen LogP contribution >= 0.6 is 23.5 Å². The number of nitrogens with zero attached hydrogens (tertiary/aromatic N) is 4. The Morgan fingerprint density at radius 3 is 2.59 bits per heavy atom. The molecule has 0 spiro atoms. The number of hydrogen-bond acceptors (Lipinski definition) is 10. The number of rotatable bonds is 11. The predicted octanol–water partition coefficient (Wildman–Crippen LogP) is 5.16. The minimum absolute atomic E-state index is 0.0671. The summed E-state index contributed by atoms with van der Waals surface area (Å²) in [5.41, 5.74) is 3.96. The third kappa shape index (κ3) is 7.21. The van der Waals surface area contributed by atoms with E-state index in [9.17, 15) is 9.59 Å². The fourth-order valence-electron chi connectivity index (χ4n) is 4.74. The van der Waals surface area contributed by atoms with Crippen LogP contribution in [-0.4, -0.2) is 79.3 Å². The van der Waals surface area contributed by atoms with Crippen molar-refractivity contribution in [3.63, 3.8) is 0 Å². The van der Waals surface area contributed by atoms with Gasteiger partial charge in [-0.15, -0.1) is 0 Å². The summed E-state index contributed by atoms with van der Waals surface area (Å²) in [5.74, 6) is 0.402. The van der Waals surface area contributed by atoms with E-state index in [-0.39, 0.29) is 31.6 Å². The maximum Gasteiger partial charge on any atom is 0.269 e. The molecule has 12 heteroatoms. The van der Waals surface area contributed by atoms with Gasteiger partial charge < -0.3 is 30.3 Å². The minimum Gasteiger partial charge on any atom is -0.491 e. The van der Waals surface area contributed by atoms with Gasteiger partial charge in [0.2, 0.25) is 5.91 Å². The zero-order chi connectivity index (χ0) is 31.2. The van der Waals surface area contributed by atoms with Gasteiger partial charge in [0.15, 0.2) is 5.17 Å². The number of nitrogens with one attached hydrogen (secondary N) is 2. The Bertz CT molecular complexity index is 1590. The van der Waals surface area contributed by atoms with E-state index in [1.165, 1.54) is 23.5 Å². The quantitative estimate of drug-likeness (QED) is 0.247. The van der Waals surface area contributed by atoms with E-state index in [4.69, 9.17) is 14.8 Å². The SMILES string of the molecule is CCNc1ccc(NC(=O)CN(C)C)cc1/N=C1/S/C(=C2\Sc3ccc(OCCO)cc3N2C)C(=O)N1Cc1ccccc1. The Kier molecular flexibility index (Phi) is 10.2. The third-order valence-corrected chi connectivity index (χ3v) is 9.16. The monoisotopic (exact) mass is 632 g/mol. The molecule has 2 amide bonds. The molecule has 0 radical (unpaired) electrons. The number of aliphatic hydroxyl groups is 1. The minimum atomic E-state index is -0.128. The molecule has 0 aromatic heterocycles. The highest BCUT2D eigenvalue weighted by atomic mass is 32.2. The van der Waals surface area contributed by atoms with Gasteiger partial charge in [0.1, 0.15) is 17.3 Å². The first-order valence-corrected chi connectivity index (χ1v) is 15.9. The zero-order valence-corrected chi connectivity index (χ0v) is 26.8. The second kappa shape index (κ2) is 14.2. The molecule has 3 aromatic carbocycles. The maximum atomic E-state index is 14.1. The molecule has 2 aliphatic heterocycles. The highest BCUT2D eigenvalue weighted by Gasteiger charge is 2.39. The van der Waals surface area contributed by atoms with E-state index in [1.54, 1.807) is 9.80 Å². The van der Waals surface area contributed by atoms with Gasteiger partial charge in [0.25, 0.3) is 5.91 Å². The average Bonchev–Trinajstić information content (AvgIpc) is 3.48. The normalized spacial score (nSPS) is 17.0.